The highest BCUT2D eigenvalue weighted by Crippen LogP contribution is 2.26. The Hall–Kier alpha value is -1.36. The molecule has 1 saturated heterocycles. The van der Waals surface area contributed by atoms with E-state index in [9.17, 15) is 4.79 Å². The number of hydrogen-bond donors (Lipinski definition) is 2. The van der Waals surface area contributed by atoms with Gasteiger partial charge in [0.2, 0.25) is 5.91 Å². The van der Waals surface area contributed by atoms with Crippen LogP contribution >= 0.6 is 0 Å². The first-order valence-corrected chi connectivity index (χ1v) is 6.99. The van der Waals surface area contributed by atoms with Gasteiger partial charge in [-0.15, -0.1) is 0 Å². The van der Waals surface area contributed by atoms with Crippen LogP contribution < -0.4 is 10.6 Å². The summed E-state index contributed by atoms with van der Waals surface area (Å²) in [5.74, 6) is 0.857. The molecule has 2 atom stereocenters. The molecule has 0 spiro atoms. The summed E-state index contributed by atoms with van der Waals surface area (Å²) in [6.45, 7) is 8.72. The highest BCUT2D eigenvalue weighted by molar-refractivity contribution is 5.87. The van der Waals surface area contributed by atoms with E-state index in [-0.39, 0.29) is 11.9 Å². The Labute approximate surface area is 114 Å². The number of aryl methyl sites for hydroxylation is 2. The standard InChI is InChI=1S/C14H23N3O2/c1-5-14(7-6-8-15-14)13(18)16-9(2)12-10(3)17-19-11(12)4/h9,15H,5-8H2,1-4H3,(H,16,18). The Kier molecular flexibility index (Phi) is 3.94. The summed E-state index contributed by atoms with van der Waals surface area (Å²) >= 11 is 0. The first-order valence-electron chi connectivity index (χ1n) is 6.99. The molecule has 0 saturated carbocycles. The summed E-state index contributed by atoms with van der Waals surface area (Å²) in [5.41, 5.74) is 1.43. The maximum absolute atomic E-state index is 12.5. The lowest BCUT2D eigenvalue weighted by molar-refractivity contribution is -0.128. The molecule has 0 bridgehead atoms. The van der Waals surface area contributed by atoms with Gasteiger partial charge in [-0.1, -0.05) is 12.1 Å². The van der Waals surface area contributed by atoms with E-state index >= 15 is 0 Å². The van der Waals surface area contributed by atoms with Gasteiger partial charge in [0.25, 0.3) is 0 Å². The Morgan fingerprint density at radius 3 is 2.79 bits per heavy atom. The van der Waals surface area contributed by atoms with E-state index in [0.29, 0.717) is 0 Å². The van der Waals surface area contributed by atoms with Gasteiger partial charge in [0.05, 0.1) is 17.3 Å². The molecule has 1 aliphatic heterocycles. The van der Waals surface area contributed by atoms with Crippen LogP contribution in [0.4, 0.5) is 0 Å². The number of amides is 1. The van der Waals surface area contributed by atoms with Gasteiger partial charge in [-0.2, -0.15) is 0 Å². The van der Waals surface area contributed by atoms with Crippen molar-refractivity contribution in [1.29, 1.82) is 0 Å². The second kappa shape index (κ2) is 5.33. The number of nitrogens with one attached hydrogen (secondary N) is 2. The molecule has 5 nitrogen and oxygen atoms in total. The van der Waals surface area contributed by atoms with E-state index in [1.807, 2.05) is 20.8 Å². The maximum atomic E-state index is 12.5. The van der Waals surface area contributed by atoms with Gasteiger partial charge in [-0.25, -0.2) is 0 Å². The van der Waals surface area contributed by atoms with E-state index in [2.05, 4.69) is 22.7 Å². The van der Waals surface area contributed by atoms with Crippen molar-refractivity contribution >= 4 is 5.91 Å². The predicted molar refractivity (Wildman–Crippen MR) is 72.8 cm³/mol. The van der Waals surface area contributed by atoms with Crippen molar-refractivity contribution in [3.8, 4) is 0 Å². The van der Waals surface area contributed by atoms with Crippen molar-refractivity contribution in [3.63, 3.8) is 0 Å². The zero-order valence-corrected chi connectivity index (χ0v) is 12.2. The summed E-state index contributed by atoms with van der Waals surface area (Å²) in [6.07, 6.45) is 2.78. The summed E-state index contributed by atoms with van der Waals surface area (Å²) < 4.78 is 5.16. The maximum Gasteiger partial charge on any atom is 0.240 e. The van der Waals surface area contributed by atoms with Crippen molar-refractivity contribution in [1.82, 2.24) is 15.8 Å². The molecule has 1 aromatic heterocycles. The topological polar surface area (TPSA) is 67.2 Å². The molecule has 0 radical (unpaired) electrons. The van der Waals surface area contributed by atoms with Crippen LogP contribution in [0.5, 0.6) is 0 Å². The normalized spacial score (nSPS) is 24.4. The second-order valence-electron chi connectivity index (χ2n) is 5.40. The molecule has 1 aliphatic rings. The first kappa shape index (κ1) is 14.1. The minimum absolute atomic E-state index is 0.0791. The van der Waals surface area contributed by atoms with Gasteiger partial charge in [-0.3, -0.25) is 4.79 Å². The molecular weight excluding hydrogens is 242 g/mol. The fourth-order valence-electron chi connectivity index (χ4n) is 2.98. The highest BCUT2D eigenvalue weighted by Gasteiger charge is 2.39. The summed E-state index contributed by atoms with van der Waals surface area (Å²) in [7, 11) is 0. The Balaban J connectivity index is 2.10. The SMILES string of the molecule is CCC1(C(=O)NC(C)c2c(C)noc2C)CCCN1. The smallest absolute Gasteiger partial charge is 0.240 e. The van der Waals surface area contributed by atoms with Crippen LogP contribution in [-0.4, -0.2) is 23.1 Å². The Morgan fingerprint density at radius 1 is 1.58 bits per heavy atom. The molecule has 19 heavy (non-hydrogen) atoms. The third kappa shape index (κ3) is 2.52. The van der Waals surface area contributed by atoms with Gasteiger partial charge in [0.15, 0.2) is 0 Å². The fourth-order valence-corrected chi connectivity index (χ4v) is 2.98. The van der Waals surface area contributed by atoms with Crippen molar-refractivity contribution in [2.75, 3.05) is 6.54 Å². The molecule has 2 unspecified atom stereocenters. The average molecular weight is 265 g/mol. The van der Waals surface area contributed by atoms with E-state index < -0.39 is 5.54 Å². The molecule has 106 valence electrons. The number of aromatic nitrogens is 1. The molecule has 2 N–H and O–H groups in total. The summed E-state index contributed by atoms with van der Waals surface area (Å²) in [5, 5.41) is 10.4. The number of hydrogen-bond acceptors (Lipinski definition) is 4. The molecular formula is C14H23N3O2. The van der Waals surface area contributed by atoms with Crippen LogP contribution in [0.3, 0.4) is 0 Å². The highest BCUT2D eigenvalue weighted by atomic mass is 16.5. The largest absolute Gasteiger partial charge is 0.361 e. The number of carbonyl (C=O) groups is 1. The van der Waals surface area contributed by atoms with Crippen LogP contribution in [0.2, 0.25) is 0 Å². The van der Waals surface area contributed by atoms with Gasteiger partial charge < -0.3 is 15.2 Å². The van der Waals surface area contributed by atoms with E-state index in [0.717, 1.165) is 42.8 Å². The second-order valence-corrected chi connectivity index (χ2v) is 5.40. The minimum atomic E-state index is -0.396. The Morgan fingerprint density at radius 2 is 2.32 bits per heavy atom. The van der Waals surface area contributed by atoms with Crippen LogP contribution in [0.1, 0.15) is 56.2 Å². The van der Waals surface area contributed by atoms with Crippen LogP contribution in [-0.2, 0) is 4.79 Å². The van der Waals surface area contributed by atoms with E-state index in [1.165, 1.54) is 0 Å². The molecule has 1 fully saturated rings. The third-order valence-corrected chi connectivity index (χ3v) is 4.15. The lowest BCUT2D eigenvalue weighted by Crippen LogP contribution is -2.53. The monoisotopic (exact) mass is 265 g/mol. The lowest BCUT2D eigenvalue weighted by Gasteiger charge is -2.28. The molecule has 2 heterocycles. The quantitative estimate of drug-likeness (QED) is 0.874. The van der Waals surface area contributed by atoms with Crippen molar-refractivity contribution in [3.05, 3.63) is 17.0 Å². The Bertz CT molecular complexity index is 442. The van der Waals surface area contributed by atoms with Crippen LogP contribution in [0.15, 0.2) is 4.52 Å². The van der Waals surface area contributed by atoms with Gasteiger partial charge in [0, 0.05) is 5.56 Å². The van der Waals surface area contributed by atoms with Crippen LogP contribution in [0, 0.1) is 13.8 Å². The van der Waals surface area contributed by atoms with Crippen LogP contribution in [0.25, 0.3) is 0 Å². The summed E-state index contributed by atoms with van der Waals surface area (Å²) in [6, 6.07) is -0.0791. The predicted octanol–water partition coefficient (Wildman–Crippen LogP) is 2.00. The first-order chi connectivity index (χ1) is 9.00. The molecule has 0 aromatic carbocycles. The third-order valence-electron chi connectivity index (χ3n) is 4.15. The van der Waals surface area contributed by atoms with E-state index in [4.69, 9.17) is 4.52 Å². The average Bonchev–Trinajstić information content (AvgIpc) is 2.97. The molecule has 5 heteroatoms. The molecule has 1 aromatic rings. The number of carbonyl (C=O) groups excluding carboxylic acids is 1. The zero-order valence-electron chi connectivity index (χ0n) is 12.2. The zero-order chi connectivity index (χ0) is 14.0. The van der Waals surface area contributed by atoms with Crippen molar-refractivity contribution in [2.24, 2.45) is 0 Å². The van der Waals surface area contributed by atoms with Crippen molar-refractivity contribution in [2.45, 2.75) is 58.5 Å². The minimum Gasteiger partial charge on any atom is -0.361 e. The van der Waals surface area contributed by atoms with E-state index in [1.54, 1.807) is 0 Å². The molecule has 2 rings (SSSR count). The fraction of sp³-hybridized carbons (Fsp3) is 0.714. The number of rotatable bonds is 4. The summed E-state index contributed by atoms with van der Waals surface area (Å²) in [4.78, 5) is 12.5. The number of nitrogens with zero attached hydrogens (tertiary/aromatic N) is 1. The van der Waals surface area contributed by atoms with Gasteiger partial charge >= 0.3 is 0 Å². The molecule has 1 amide bonds. The lowest BCUT2D eigenvalue weighted by atomic mass is 9.92. The van der Waals surface area contributed by atoms with Gasteiger partial charge in [-0.05, 0) is 46.6 Å². The van der Waals surface area contributed by atoms with Crippen molar-refractivity contribution < 1.29 is 9.32 Å². The van der Waals surface area contributed by atoms with Gasteiger partial charge in [0.1, 0.15) is 5.76 Å². The molecule has 0 aliphatic carbocycles.